The molecule has 96 valence electrons. The van der Waals surface area contributed by atoms with E-state index in [4.69, 9.17) is 5.73 Å². The molecule has 0 saturated heterocycles. The zero-order valence-corrected chi connectivity index (χ0v) is 11.4. The fraction of sp³-hybridized carbons (Fsp3) is 0.400. The van der Waals surface area contributed by atoms with Gasteiger partial charge in [0.1, 0.15) is 11.6 Å². The van der Waals surface area contributed by atoms with Gasteiger partial charge in [0.15, 0.2) is 0 Å². The second-order valence-electron chi connectivity index (χ2n) is 4.75. The fourth-order valence-corrected chi connectivity index (χ4v) is 2.38. The van der Waals surface area contributed by atoms with E-state index >= 15 is 0 Å². The SMILES string of the molecule is CCn1c(C)nc(CC(C)c2ccccc2)c1N. The average Bonchev–Trinajstić information content (AvgIpc) is 2.65. The van der Waals surface area contributed by atoms with Crippen LogP contribution in [-0.2, 0) is 13.0 Å². The van der Waals surface area contributed by atoms with Gasteiger partial charge in [-0.1, -0.05) is 37.3 Å². The van der Waals surface area contributed by atoms with Crippen LogP contribution in [0.2, 0.25) is 0 Å². The Labute approximate surface area is 109 Å². The van der Waals surface area contributed by atoms with E-state index in [0.717, 1.165) is 30.3 Å². The van der Waals surface area contributed by atoms with Gasteiger partial charge in [-0.05, 0) is 31.7 Å². The largest absolute Gasteiger partial charge is 0.384 e. The number of aromatic nitrogens is 2. The van der Waals surface area contributed by atoms with Crippen molar-refractivity contribution < 1.29 is 0 Å². The minimum absolute atomic E-state index is 0.438. The van der Waals surface area contributed by atoms with Crippen LogP contribution in [0.15, 0.2) is 30.3 Å². The molecule has 1 atom stereocenters. The van der Waals surface area contributed by atoms with E-state index in [1.165, 1.54) is 5.56 Å². The van der Waals surface area contributed by atoms with E-state index in [2.05, 4.69) is 47.7 Å². The number of hydrogen-bond acceptors (Lipinski definition) is 2. The summed E-state index contributed by atoms with van der Waals surface area (Å²) in [4.78, 5) is 4.58. The molecule has 1 heterocycles. The molecular formula is C15H21N3. The van der Waals surface area contributed by atoms with Gasteiger partial charge in [-0.15, -0.1) is 0 Å². The molecule has 3 heteroatoms. The molecule has 3 nitrogen and oxygen atoms in total. The van der Waals surface area contributed by atoms with Crippen LogP contribution in [0.25, 0.3) is 0 Å². The van der Waals surface area contributed by atoms with Crippen LogP contribution in [0.5, 0.6) is 0 Å². The third kappa shape index (κ3) is 2.40. The van der Waals surface area contributed by atoms with Crippen molar-refractivity contribution in [2.45, 2.75) is 39.7 Å². The van der Waals surface area contributed by atoms with Crippen molar-refractivity contribution in [3.63, 3.8) is 0 Å². The Morgan fingerprint density at radius 3 is 2.50 bits per heavy atom. The van der Waals surface area contributed by atoms with E-state index in [9.17, 15) is 0 Å². The van der Waals surface area contributed by atoms with Crippen LogP contribution in [0.4, 0.5) is 5.82 Å². The lowest BCUT2D eigenvalue weighted by atomic mass is 9.96. The highest BCUT2D eigenvalue weighted by atomic mass is 15.1. The van der Waals surface area contributed by atoms with Gasteiger partial charge in [-0.25, -0.2) is 4.98 Å². The molecule has 2 rings (SSSR count). The average molecular weight is 243 g/mol. The van der Waals surface area contributed by atoms with Crippen LogP contribution < -0.4 is 5.73 Å². The third-order valence-corrected chi connectivity index (χ3v) is 3.46. The van der Waals surface area contributed by atoms with Gasteiger partial charge in [0.2, 0.25) is 0 Å². The number of imidazole rings is 1. The minimum Gasteiger partial charge on any atom is -0.384 e. The first-order valence-electron chi connectivity index (χ1n) is 6.49. The summed E-state index contributed by atoms with van der Waals surface area (Å²) >= 11 is 0. The summed E-state index contributed by atoms with van der Waals surface area (Å²) in [7, 11) is 0. The molecule has 0 amide bonds. The van der Waals surface area contributed by atoms with Crippen molar-refractivity contribution in [2.24, 2.45) is 0 Å². The van der Waals surface area contributed by atoms with Crippen molar-refractivity contribution in [3.05, 3.63) is 47.4 Å². The van der Waals surface area contributed by atoms with Crippen molar-refractivity contribution in [1.29, 1.82) is 0 Å². The van der Waals surface area contributed by atoms with Gasteiger partial charge in [0.05, 0.1) is 5.69 Å². The quantitative estimate of drug-likeness (QED) is 0.896. The summed E-state index contributed by atoms with van der Waals surface area (Å²) < 4.78 is 2.06. The Bertz CT molecular complexity index is 514. The highest BCUT2D eigenvalue weighted by Gasteiger charge is 2.14. The zero-order valence-electron chi connectivity index (χ0n) is 11.4. The van der Waals surface area contributed by atoms with E-state index in [0.29, 0.717) is 5.92 Å². The van der Waals surface area contributed by atoms with Gasteiger partial charge >= 0.3 is 0 Å². The number of rotatable bonds is 4. The molecule has 2 aromatic rings. The molecule has 0 aliphatic rings. The summed E-state index contributed by atoms with van der Waals surface area (Å²) in [5.74, 6) is 2.26. The standard InChI is InChI=1S/C15H21N3/c1-4-18-12(3)17-14(15(18)16)10-11(2)13-8-6-5-7-9-13/h5-9,11H,4,10,16H2,1-3H3. The van der Waals surface area contributed by atoms with E-state index in [1.807, 2.05) is 13.0 Å². The molecule has 0 saturated carbocycles. The Morgan fingerprint density at radius 2 is 1.94 bits per heavy atom. The summed E-state index contributed by atoms with van der Waals surface area (Å²) in [5, 5.41) is 0. The Hall–Kier alpha value is -1.77. The summed E-state index contributed by atoms with van der Waals surface area (Å²) in [6.45, 7) is 7.20. The lowest BCUT2D eigenvalue weighted by Gasteiger charge is -2.11. The molecule has 1 aromatic heterocycles. The highest BCUT2D eigenvalue weighted by Crippen LogP contribution is 2.23. The van der Waals surface area contributed by atoms with Crippen LogP contribution >= 0.6 is 0 Å². The summed E-state index contributed by atoms with van der Waals surface area (Å²) in [6.07, 6.45) is 0.893. The molecule has 2 N–H and O–H groups in total. The molecule has 0 radical (unpaired) electrons. The molecule has 0 aliphatic heterocycles. The number of nitrogens with two attached hydrogens (primary N) is 1. The van der Waals surface area contributed by atoms with Crippen molar-refractivity contribution in [1.82, 2.24) is 9.55 Å². The predicted molar refractivity (Wildman–Crippen MR) is 75.6 cm³/mol. The molecule has 0 spiro atoms. The molecule has 1 unspecified atom stereocenters. The van der Waals surface area contributed by atoms with E-state index in [1.54, 1.807) is 0 Å². The third-order valence-electron chi connectivity index (χ3n) is 3.46. The van der Waals surface area contributed by atoms with Crippen LogP contribution in [0.1, 0.15) is 36.8 Å². The molecular weight excluding hydrogens is 222 g/mol. The van der Waals surface area contributed by atoms with Crippen molar-refractivity contribution in [2.75, 3.05) is 5.73 Å². The van der Waals surface area contributed by atoms with Gasteiger partial charge < -0.3 is 10.3 Å². The molecule has 0 aliphatic carbocycles. The topological polar surface area (TPSA) is 43.8 Å². The fourth-order valence-electron chi connectivity index (χ4n) is 2.38. The first-order valence-corrected chi connectivity index (χ1v) is 6.49. The minimum atomic E-state index is 0.438. The zero-order chi connectivity index (χ0) is 13.1. The monoisotopic (exact) mass is 243 g/mol. The number of hydrogen-bond donors (Lipinski definition) is 1. The van der Waals surface area contributed by atoms with Gasteiger partial charge in [-0.3, -0.25) is 0 Å². The molecule has 1 aromatic carbocycles. The Morgan fingerprint density at radius 1 is 1.28 bits per heavy atom. The maximum Gasteiger partial charge on any atom is 0.126 e. The van der Waals surface area contributed by atoms with Crippen LogP contribution in [0, 0.1) is 6.92 Å². The van der Waals surface area contributed by atoms with Gasteiger partial charge in [-0.2, -0.15) is 0 Å². The smallest absolute Gasteiger partial charge is 0.126 e. The van der Waals surface area contributed by atoms with E-state index < -0.39 is 0 Å². The van der Waals surface area contributed by atoms with Crippen LogP contribution in [-0.4, -0.2) is 9.55 Å². The number of nitrogens with zero attached hydrogens (tertiary/aromatic N) is 2. The number of aryl methyl sites for hydroxylation is 1. The predicted octanol–water partition coefficient (Wildman–Crippen LogP) is 3.14. The summed E-state index contributed by atoms with van der Waals surface area (Å²) in [6, 6.07) is 10.5. The number of benzene rings is 1. The van der Waals surface area contributed by atoms with E-state index in [-0.39, 0.29) is 0 Å². The lowest BCUT2D eigenvalue weighted by Crippen LogP contribution is -2.05. The lowest BCUT2D eigenvalue weighted by molar-refractivity contribution is 0.738. The Balaban J connectivity index is 2.20. The normalized spacial score (nSPS) is 12.6. The highest BCUT2D eigenvalue weighted by molar-refractivity contribution is 5.39. The first-order chi connectivity index (χ1) is 8.63. The second-order valence-corrected chi connectivity index (χ2v) is 4.75. The second kappa shape index (κ2) is 5.25. The van der Waals surface area contributed by atoms with Crippen molar-refractivity contribution >= 4 is 5.82 Å². The molecule has 18 heavy (non-hydrogen) atoms. The van der Waals surface area contributed by atoms with Gasteiger partial charge in [0, 0.05) is 6.54 Å². The van der Waals surface area contributed by atoms with Crippen molar-refractivity contribution in [3.8, 4) is 0 Å². The Kier molecular flexibility index (Phi) is 3.70. The molecule has 0 bridgehead atoms. The number of anilines is 1. The van der Waals surface area contributed by atoms with Gasteiger partial charge in [0.25, 0.3) is 0 Å². The summed E-state index contributed by atoms with van der Waals surface area (Å²) in [5.41, 5.74) is 8.49. The number of nitrogen functional groups attached to an aromatic ring is 1. The molecule has 0 fully saturated rings. The first kappa shape index (κ1) is 12.7. The van der Waals surface area contributed by atoms with Crippen LogP contribution in [0.3, 0.4) is 0 Å². The maximum absolute atomic E-state index is 6.14. The maximum atomic E-state index is 6.14.